The van der Waals surface area contributed by atoms with Crippen LogP contribution in [0.4, 0.5) is 0 Å². The molecule has 2 N–H and O–H groups in total. The fourth-order valence-electron chi connectivity index (χ4n) is 1.40. The van der Waals surface area contributed by atoms with Gasteiger partial charge in [-0.25, -0.2) is 4.98 Å². The molecule has 1 aromatic carbocycles. The number of allylic oxidation sites excluding steroid dienone is 1. The van der Waals surface area contributed by atoms with Gasteiger partial charge in [0.1, 0.15) is 0 Å². The molecule has 0 amide bonds. The molecule has 0 aliphatic rings. The zero-order chi connectivity index (χ0) is 12.1. The van der Waals surface area contributed by atoms with Crippen molar-refractivity contribution in [2.75, 3.05) is 0 Å². The molecule has 5 nitrogen and oxygen atoms in total. The number of nitrogens with zero attached hydrogens (tertiary/aromatic N) is 3. The maximum absolute atomic E-state index is 8.41. The molecule has 82 valence electrons. The SMILES string of the molecule is N#CN/C=C(\C=N)c1cnc2ccccc2n1. The summed E-state index contributed by atoms with van der Waals surface area (Å²) in [5.74, 6) is 0. The van der Waals surface area contributed by atoms with Gasteiger partial charge in [-0.3, -0.25) is 10.3 Å². The van der Waals surface area contributed by atoms with Gasteiger partial charge in [-0.2, -0.15) is 5.26 Å². The van der Waals surface area contributed by atoms with Crippen LogP contribution in [0, 0.1) is 16.9 Å². The Morgan fingerprint density at radius 2 is 2.12 bits per heavy atom. The lowest BCUT2D eigenvalue weighted by Crippen LogP contribution is -1.99. The summed E-state index contributed by atoms with van der Waals surface area (Å²) in [7, 11) is 0. The van der Waals surface area contributed by atoms with Gasteiger partial charge in [0.05, 0.1) is 22.9 Å². The largest absolute Gasteiger partial charge is 0.308 e. The van der Waals surface area contributed by atoms with Crippen molar-refractivity contribution in [3.63, 3.8) is 0 Å². The van der Waals surface area contributed by atoms with Crippen molar-refractivity contribution in [1.29, 1.82) is 10.7 Å². The van der Waals surface area contributed by atoms with E-state index >= 15 is 0 Å². The molecule has 0 spiro atoms. The van der Waals surface area contributed by atoms with E-state index in [0.29, 0.717) is 11.3 Å². The van der Waals surface area contributed by atoms with Gasteiger partial charge < -0.3 is 5.41 Å². The monoisotopic (exact) mass is 223 g/mol. The predicted octanol–water partition coefficient (Wildman–Crippen LogP) is 1.69. The van der Waals surface area contributed by atoms with E-state index in [1.54, 1.807) is 12.4 Å². The first-order valence-electron chi connectivity index (χ1n) is 4.92. The Balaban J connectivity index is 2.48. The Labute approximate surface area is 98.0 Å². The second kappa shape index (κ2) is 4.86. The molecule has 0 unspecified atom stereocenters. The van der Waals surface area contributed by atoms with E-state index in [9.17, 15) is 0 Å². The van der Waals surface area contributed by atoms with Crippen molar-refractivity contribution in [2.24, 2.45) is 0 Å². The minimum atomic E-state index is 0.504. The molecular formula is C12H9N5. The molecule has 2 rings (SSSR count). The Bertz CT molecular complexity index is 624. The number of nitriles is 1. The van der Waals surface area contributed by atoms with Crippen LogP contribution in [0.15, 0.2) is 36.7 Å². The van der Waals surface area contributed by atoms with Crippen LogP contribution in [-0.4, -0.2) is 16.2 Å². The maximum atomic E-state index is 8.41. The van der Waals surface area contributed by atoms with Gasteiger partial charge in [0.15, 0.2) is 6.19 Å². The lowest BCUT2D eigenvalue weighted by Gasteiger charge is -2.01. The maximum Gasteiger partial charge on any atom is 0.180 e. The molecule has 0 saturated carbocycles. The van der Waals surface area contributed by atoms with Crippen LogP contribution in [0.2, 0.25) is 0 Å². The van der Waals surface area contributed by atoms with E-state index in [1.807, 2.05) is 24.3 Å². The second-order valence-corrected chi connectivity index (χ2v) is 3.24. The number of hydrogen-bond donors (Lipinski definition) is 2. The molecular weight excluding hydrogens is 214 g/mol. The fraction of sp³-hybridized carbons (Fsp3) is 0. The van der Waals surface area contributed by atoms with Crippen molar-refractivity contribution in [2.45, 2.75) is 0 Å². The van der Waals surface area contributed by atoms with Crippen LogP contribution in [0.5, 0.6) is 0 Å². The first kappa shape index (κ1) is 10.8. The first-order valence-corrected chi connectivity index (χ1v) is 4.92. The molecule has 0 bridgehead atoms. The topological polar surface area (TPSA) is 85.5 Å². The average Bonchev–Trinajstić information content (AvgIpc) is 2.39. The van der Waals surface area contributed by atoms with Gasteiger partial charge >= 0.3 is 0 Å². The average molecular weight is 223 g/mol. The number of nitrogens with one attached hydrogen (secondary N) is 2. The molecule has 0 aliphatic carbocycles. The van der Waals surface area contributed by atoms with Crippen molar-refractivity contribution < 1.29 is 0 Å². The van der Waals surface area contributed by atoms with Crippen molar-refractivity contribution in [3.8, 4) is 6.19 Å². The van der Waals surface area contributed by atoms with Crippen LogP contribution in [-0.2, 0) is 0 Å². The summed E-state index contributed by atoms with van der Waals surface area (Å²) in [6, 6.07) is 7.49. The van der Waals surface area contributed by atoms with Crippen molar-refractivity contribution in [3.05, 3.63) is 42.4 Å². The molecule has 1 aromatic heterocycles. The smallest absolute Gasteiger partial charge is 0.180 e. The summed E-state index contributed by atoms with van der Waals surface area (Å²) in [5.41, 5.74) is 2.62. The molecule has 5 heteroatoms. The second-order valence-electron chi connectivity index (χ2n) is 3.24. The van der Waals surface area contributed by atoms with Gasteiger partial charge in [-0.15, -0.1) is 0 Å². The fourth-order valence-corrected chi connectivity index (χ4v) is 1.40. The highest BCUT2D eigenvalue weighted by Crippen LogP contribution is 2.13. The molecule has 2 aromatic rings. The van der Waals surface area contributed by atoms with Gasteiger partial charge in [-0.05, 0) is 12.1 Å². The molecule has 0 atom stereocenters. The highest BCUT2D eigenvalue weighted by Gasteiger charge is 2.02. The third-order valence-electron chi connectivity index (χ3n) is 2.19. The summed E-state index contributed by atoms with van der Waals surface area (Å²) in [5, 5.41) is 18.1. The number of benzene rings is 1. The van der Waals surface area contributed by atoms with E-state index in [4.69, 9.17) is 10.7 Å². The lowest BCUT2D eigenvalue weighted by molar-refractivity contribution is 1.19. The van der Waals surface area contributed by atoms with Crippen molar-refractivity contribution >= 4 is 22.8 Å². The van der Waals surface area contributed by atoms with Gasteiger partial charge in [0.25, 0.3) is 0 Å². The quantitative estimate of drug-likeness (QED) is 0.471. The summed E-state index contributed by atoms with van der Waals surface area (Å²) < 4.78 is 0. The zero-order valence-corrected chi connectivity index (χ0v) is 8.88. The van der Waals surface area contributed by atoms with Crippen LogP contribution < -0.4 is 5.32 Å². The summed E-state index contributed by atoms with van der Waals surface area (Å²) >= 11 is 0. The minimum Gasteiger partial charge on any atom is -0.308 e. The Hall–Kier alpha value is -2.74. The van der Waals surface area contributed by atoms with Crippen LogP contribution in [0.25, 0.3) is 16.6 Å². The Morgan fingerprint density at radius 1 is 1.35 bits per heavy atom. The Kier molecular flexibility index (Phi) is 3.08. The highest BCUT2D eigenvalue weighted by atomic mass is 14.8. The number of para-hydroxylation sites is 2. The summed E-state index contributed by atoms with van der Waals surface area (Å²) in [6.45, 7) is 0. The van der Waals surface area contributed by atoms with Gasteiger partial charge in [-0.1, -0.05) is 12.1 Å². The number of rotatable bonds is 3. The zero-order valence-electron chi connectivity index (χ0n) is 8.88. The van der Waals surface area contributed by atoms with E-state index in [0.717, 1.165) is 17.2 Å². The highest BCUT2D eigenvalue weighted by molar-refractivity contribution is 6.07. The summed E-state index contributed by atoms with van der Waals surface area (Å²) in [6.07, 6.45) is 5.89. The van der Waals surface area contributed by atoms with E-state index in [1.165, 1.54) is 6.20 Å². The molecule has 0 fully saturated rings. The molecule has 0 saturated heterocycles. The predicted molar refractivity (Wildman–Crippen MR) is 65.0 cm³/mol. The molecule has 0 radical (unpaired) electrons. The lowest BCUT2D eigenvalue weighted by atomic mass is 10.2. The third kappa shape index (κ3) is 2.26. The number of aromatic nitrogens is 2. The number of fused-ring (bicyclic) bond motifs is 1. The van der Waals surface area contributed by atoms with Gasteiger partial charge in [0, 0.05) is 18.0 Å². The van der Waals surface area contributed by atoms with Crippen LogP contribution in [0.3, 0.4) is 0 Å². The van der Waals surface area contributed by atoms with Crippen LogP contribution in [0.1, 0.15) is 5.69 Å². The van der Waals surface area contributed by atoms with E-state index < -0.39 is 0 Å². The van der Waals surface area contributed by atoms with E-state index in [-0.39, 0.29) is 0 Å². The standard InChI is InChI=1S/C12H9N5/c13-5-9(6-15-8-14)12-7-16-10-3-1-2-4-11(10)17-12/h1-7,13,15H/b9-6+,13-5?. The Morgan fingerprint density at radius 3 is 2.82 bits per heavy atom. The summed E-state index contributed by atoms with van der Waals surface area (Å²) in [4.78, 5) is 8.61. The van der Waals surface area contributed by atoms with E-state index in [2.05, 4.69) is 15.3 Å². The number of hydrogen-bond acceptors (Lipinski definition) is 5. The van der Waals surface area contributed by atoms with Gasteiger partial charge in [0.2, 0.25) is 0 Å². The third-order valence-corrected chi connectivity index (χ3v) is 2.19. The minimum absolute atomic E-state index is 0.504. The normalized spacial score (nSPS) is 10.9. The molecule has 1 heterocycles. The first-order chi connectivity index (χ1) is 8.35. The molecule has 0 aliphatic heterocycles. The molecule has 17 heavy (non-hydrogen) atoms. The van der Waals surface area contributed by atoms with Crippen LogP contribution >= 0.6 is 0 Å². The van der Waals surface area contributed by atoms with Crippen molar-refractivity contribution in [1.82, 2.24) is 15.3 Å².